The smallest absolute Gasteiger partial charge is 0.339 e. The van der Waals surface area contributed by atoms with E-state index >= 15 is 0 Å². The number of sulfonamides is 1. The minimum absolute atomic E-state index is 0.0266. The molecule has 0 saturated carbocycles. The van der Waals surface area contributed by atoms with Crippen molar-refractivity contribution >= 4 is 16.0 Å². The number of aliphatic hydroxyl groups is 1. The van der Waals surface area contributed by atoms with Crippen LogP contribution in [0.1, 0.15) is 30.5 Å². The largest absolute Gasteiger partial charge is 0.512 e. The molecule has 3 rings (SSSR count). The van der Waals surface area contributed by atoms with Gasteiger partial charge in [-0.15, -0.1) is 0 Å². The van der Waals surface area contributed by atoms with Gasteiger partial charge >= 0.3 is 5.97 Å². The lowest BCUT2D eigenvalue weighted by Crippen LogP contribution is -2.46. The molecule has 28 heavy (non-hydrogen) atoms. The topological polar surface area (TPSA) is 83.9 Å². The summed E-state index contributed by atoms with van der Waals surface area (Å²) in [5.41, 5.74) is 1.47. The molecule has 6 nitrogen and oxygen atoms in total. The number of hydrogen-bond donors (Lipinski definition) is 1. The molecule has 0 bridgehead atoms. The molecule has 2 aromatic rings. The van der Waals surface area contributed by atoms with Gasteiger partial charge < -0.3 is 9.84 Å². The van der Waals surface area contributed by atoms with Gasteiger partial charge in [0, 0.05) is 12.5 Å². The normalized spacial score (nSPS) is 20.8. The number of carbonyl (C=O) groups excluding carboxylic acids is 1. The SMILES string of the molecule is COC(=O)C1=C(O)C[C@@H](C)N(S(=O)(=O)c2ccc(C)cc2)[C@H]1c1ccccc1. The van der Waals surface area contributed by atoms with Crippen molar-refractivity contribution in [2.45, 2.75) is 37.2 Å². The first-order chi connectivity index (χ1) is 13.3. The monoisotopic (exact) mass is 401 g/mol. The Labute approximate surface area is 165 Å². The summed E-state index contributed by atoms with van der Waals surface area (Å²) in [6.07, 6.45) is 0.0266. The van der Waals surface area contributed by atoms with Gasteiger partial charge in [0.2, 0.25) is 10.0 Å². The molecule has 0 aromatic heterocycles. The average Bonchev–Trinajstić information content (AvgIpc) is 2.67. The van der Waals surface area contributed by atoms with Crippen molar-refractivity contribution < 1.29 is 23.1 Å². The summed E-state index contributed by atoms with van der Waals surface area (Å²) >= 11 is 0. The van der Waals surface area contributed by atoms with Crippen LogP contribution in [0, 0.1) is 6.92 Å². The summed E-state index contributed by atoms with van der Waals surface area (Å²) in [5.74, 6) is -0.897. The third-order valence-corrected chi connectivity index (χ3v) is 6.87. The number of ether oxygens (including phenoxy) is 1. The highest BCUT2D eigenvalue weighted by Crippen LogP contribution is 2.42. The Kier molecular flexibility index (Phi) is 5.58. The quantitative estimate of drug-likeness (QED) is 0.793. The van der Waals surface area contributed by atoms with Crippen LogP contribution in [0.15, 0.2) is 70.8 Å². The van der Waals surface area contributed by atoms with E-state index in [0.717, 1.165) is 5.56 Å². The second-order valence-electron chi connectivity index (χ2n) is 6.87. The van der Waals surface area contributed by atoms with Gasteiger partial charge in [0.05, 0.1) is 23.6 Å². The summed E-state index contributed by atoms with van der Waals surface area (Å²) in [6.45, 7) is 3.59. The van der Waals surface area contributed by atoms with Crippen LogP contribution in [-0.2, 0) is 19.6 Å². The Balaban J connectivity index is 2.22. The van der Waals surface area contributed by atoms with E-state index in [2.05, 4.69) is 0 Å². The van der Waals surface area contributed by atoms with E-state index in [0.29, 0.717) is 5.56 Å². The Morgan fingerprint density at radius 3 is 2.29 bits per heavy atom. The molecule has 148 valence electrons. The molecular formula is C21H23NO5S. The number of carbonyl (C=O) groups is 1. The summed E-state index contributed by atoms with van der Waals surface area (Å²) in [4.78, 5) is 12.6. The van der Waals surface area contributed by atoms with Gasteiger partial charge in [-0.05, 0) is 31.5 Å². The van der Waals surface area contributed by atoms with Gasteiger partial charge in [-0.3, -0.25) is 0 Å². The maximum atomic E-state index is 13.5. The van der Waals surface area contributed by atoms with Gasteiger partial charge in [0.25, 0.3) is 0 Å². The molecule has 0 radical (unpaired) electrons. The van der Waals surface area contributed by atoms with Crippen molar-refractivity contribution in [2.75, 3.05) is 7.11 Å². The second-order valence-corrected chi connectivity index (χ2v) is 8.71. The standard InChI is InChI=1S/C21H23NO5S/c1-14-9-11-17(12-10-14)28(25,26)22-15(2)13-18(23)19(21(24)27-3)20(22)16-7-5-4-6-8-16/h4-12,15,20,23H,13H2,1-3H3/t15-,20+/m1/s1. The molecule has 7 heteroatoms. The van der Waals surface area contributed by atoms with E-state index in [4.69, 9.17) is 4.74 Å². The lowest BCUT2D eigenvalue weighted by molar-refractivity contribution is -0.137. The average molecular weight is 401 g/mol. The molecule has 1 heterocycles. The number of hydrogen-bond acceptors (Lipinski definition) is 5. The number of rotatable bonds is 4. The Hall–Kier alpha value is -2.64. The van der Waals surface area contributed by atoms with E-state index < -0.39 is 28.1 Å². The van der Waals surface area contributed by atoms with E-state index in [-0.39, 0.29) is 22.6 Å². The first-order valence-corrected chi connectivity index (χ1v) is 10.4. The molecule has 0 spiro atoms. The molecule has 1 aliphatic rings. The fourth-order valence-corrected chi connectivity index (χ4v) is 5.29. The van der Waals surface area contributed by atoms with Gasteiger partial charge in [0.15, 0.2) is 0 Å². The van der Waals surface area contributed by atoms with Crippen LogP contribution in [-0.4, -0.2) is 37.0 Å². The fraction of sp³-hybridized carbons (Fsp3) is 0.286. The number of benzene rings is 2. The fourth-order valence-electron chi connectivity index (χ4n) is 3.52. The number of methoxy groups -OCH3 is 1. The minimum Gasteiger partial charge on any atom is -0.512 e. The van der Waals surface area contributed by atoms with Crippen molar-refractivity contribution in [3.8, 4) is 0 Å². The van der Waals surface area contributed by atoms with E-state index in [1.165, 1.54) is 11.4 Å². The molecular weight excluding hydrogens is 378 g/mol. The van der Waals surface area contributed by atoms with Crippen LogP contribution < -0.4 is 0 Å². The zero-order chi connectivity index (χ0) is 20.5. The predicted octanol–water partition coefficient (Wildman–Crippen LogP) is 3.50. The van der Waals surface area contributed by atoms with Gasteiger partial charge in [-0.2, -0.15) is 4.31 Å². The van der Waals surface area contributed by atoms with Crippen LogP contribution >= 0.6 is 0 Å². The van der Waals surface area contributed by atoms with Crippen molar-refractivity contribution in [1.82, 2.24) is 4.31 Å². The predicted molar refractivity (Wildman–Crippen MR) is 105 cm³/mol. The molecule has 0 aliphatic carbocycles. The molecule has 0 amide bonds. The van der Waals surface area contributed by atoms with E-state index in [1.807, 2.05) is 6.92 Å². The molecule has 1 N–H and O–H groups in total. The van der Waals surface area contributed by atoms with Gasteiger partial charge in [-0.1, -0.05) is 48.0 Å². The number of nitrogens with zero attached hydrogens (tertiary/aromatic N) is 1. The van der Waals surface area contributed by atoms with E-state index in [9.17, 15) is 18.3 Å². The maximum absolute atomic E-state index is 13.5. The minimum atomic E-state index is -3.94. The van der Waals surface area contributed by atoms with Crippen LogP contribution in [0.3, 0.4) is 0 Å². The Morgan fingerprint density at radius 1 is 1.11 bits per heavy atom. The van der Waals surface area contributed by atoms with Crippen LogP contribution in [0.2, 0.25) is 0 Å². The first kappa shape index (κ1) is 20.1. The highest BCUT2D eigenvalue weighted by Gasteiger charge is 2.45. The van der Waals surface area contributed by atoms with Crippen molar-refractivity contribution in [1.29, 1.82) is 0 Å². The summed E-state index contributed by atoms with van der Waals surface area (Å²) in [5, 5.41) is 10.5. The highest BCUT2D eigenvalue weighted by atomic mass is 32.2. The molecule has 0 unspecified atom stereocenters. The van der Waals surface area contributed by atoms with Crippen LogP contribution in [0.25, 0.3) is 0 Å². The zero-order valence-corrected chi connectivity index (χ0v) is 16.8. The lowest BCUT2D eigenvalue weighted by Gasteiger charge is -2.40. The highest BCUT2D eigenvalue weighted by molar-refractivity contribution is 7.89. The van der Waals surface area contributed by atoms with Gasteiger partial charge in [0.1, 0.15) is 5.76 Å². The third-order valence-electron chi connectivity index (χ3n) is 4.88. The molecule has 0 fully saturated rings. The summed E-state index contributed by atoms with van der Waals surface area (Å²) < 4.78 is 33.2. The zero-order valence-electron chi connectivity index (χ0n) is 16.0. The first-order valence-electron chi connectivity index (χ1n) is 8.93. The van der Waals surface area contributed by atoms with Crippen LogP contribution in [0.4, 0.5) is 0 Å². The molecule has 2 aromatic carbocycles. The Bertz CT molecular complexity index is 997. The van der Waals surface area contributed by atoms with Gasteiger partial charge in [-0.25, -0.2) is 13.2 Å². The van der Waals surface area contributed by atoms with Crippen LogP contribution in [0.5, 0.6) is 0 Å². The molecule has 0 saturated heterocycles. The van der Waals surface area contributed by atoms with E-state index in [1.54, 1.807) is 61.5 Å². The van der Waals surface area contributed by atoms with Crippen molar-refractivity contribution in [3.05, 3.63) is 77.1 Å². The van der Waals surface area contributed by atoms with Crippen molar-refractivity contribution in [3.63, 3.8) is 0 Å². The lowest BCUT2D eigenvalue weighted by atomic mass is 9.91. The molecule has 1 aliphatic heterocycles. The maximum Gasteiger partial charge on any atom is 0.339 e. The molecule has 2 atom stereocenters. The number of aryl methyl sites for hydroxylation is 1. The Morgan fingerprint density at radius 2 is 1.71 bits per heavy atom. The summed E-state index contributed by atoms with van der Waals surface area (Å²) in [7, 11) is -2.73. The second kappa shape index (κ2) is 7.77. The third kappa shape index (κ3) is 3.55. The summed E-state index contributed by atoms with van der Waals surface area (Å²) in [6, 6.07) is 13.8. The number of esters is 1. The van der Waals surface area contributed by atoms with Crippen molar-refractivity contribution in [2.24, 2.45) is 0 Å². The number of aliphatic hydroxyl groups excluding tert-OH is 1.